The van der Waals surface area contributed by atoms with Gasteiger partial charge < -0.3 is 14.9 Å². The number of nitrogens with two attached hydrogens (primary N) is 1. The van der Waals surface area contributed by atoms with E-state index >= 15 is 0 Å². The Balaban J connectivity index is 2.01. The second-order valence-corrected chi connectivity index (χ2v) is 5.40. The Kier molecular flexibility index (Phi) is 3.43. The fraction of sp³-hybridized carbons (Fsp3) is 0.222. The lowest BCUT2D eigenvalue weighted by atomic mass is 10.0. The highest BCUT2D eigenvalue weighted by molar-refractivity contribution is 5.79. The predicted molar refractivity (Wildman–Crippen MR) is 84.7 cm³/mol. The van der Waals surface area contributed by atoms with Crippen molar-refractivity contribution >= 4 is 11.0 Å². The first kappa shape index (κ1) is 13.7. The van der Waals surface area contributed by atoms with Crippen LogP contribution < -0.4 is 10.5 Å². The Morgan fingerprint density at radius 3 is 2.62 bits per heavy atom. The summed E-state index contributed by atoms with van der Waals surface area (Å²) in [5, 5.41) is 1.08. The highest BCUT2D eigenvalue weighted by Gasteiger charge is 2.15. The third kappa shape index (κ3) is 2.52. The zero-order chi connectivity index (χ0) is 15.0. The number of hydrogen-bond acceptors (Lipinski definition) is 3. The van der Waals surface area contributed by atoms with Crippen LogP contribution >= 0.6 is 0 Å². The zero-order valence-electron chi connectivity index (χ0n) is 12.5. The molecular formula is C18H19NO2. The van der Waals surface area contributed by atoms with Gasteiger partial charge >= 0.3 is 0 Å². The summed E-state index contributed by atoms with van der Waals surface area (Å²) in [6, 6.07) is 13.8. The quantitative estimate of drug-likeness (QED) is 0.786. The SMILES string of the molecule is COc1cc(C(N)c2cc3cc(C)ccc3o2)ccc1C. The molecule has 0 amide bonds. The fourth-order valence-electron chi connectivity index (χ4n) is 2.53. The molecule has 0 aliphatic rings. The molecule has 0 spiro atoms. The Bertz CT molecular complexity index is 789. The number of fused-ring (bicyclic) bond motifs is 1. The van der Waals surface area contributed by atoms with Gasteiger partial charge in [-0.1, -0.05) is 23.8 Å². The largest absolute Gasteiger partial charge is 0.496 e. The molecule has 3 nitrogen and oxygen atoms in total. The van der Waals surface area contributed by atoms with Gasteiger partial charge in [0, 0.05) is 5.39 Å². The number of ether oxygens (including phenoxy) is 1. The molecule has 1 atom stereocenters. The van der Waals surface area contributed by atoms with Gasteiger partial charge in [0.25, 0.3) is 0 Å². The van der Waals surface area contributed by atoms with Gasteiger partial charge in [-0.05, 0) is 49.2 Å². The Morgan fingerprint density at radius 2 is 1.86 bits per heavy atom. The predicted octanol–water partition coefficient (Wildman–Crippen LogP) is 4.11. The molecule has 0 fully saturated rings. The van der Waals surface area contributed by atoms with Gasteiger partial charge in [-0.25, -0.2) is 0 Å². The minimum Gasteiger partial charge on any atom is -0.496 e. The fourth-order valence-corrected chi connectivity index (χ4v) is 2.53. The molecule has 3 aromatic rings. The molecular weight excluding hydrogens is 262 g/mol. The summed E-state index contributed by atoms with van der Waals surface area (Å²) < 4.78 is 11.2. The summed E-state index contributed by atoms with van der Waals surface area (Å²) >= 11 is 0. The van der Waals surface area contributed by atoms with E-state index in [1.54, 1.807) is 7.11 Å². The lowest BCUT2D eigenvalue weighted by Crippen LogP contribution is -2.11. The molecule has 2 N–H and O–H groups in total. The number of hydrogen-bond donors (Lipinski definition) is 1. The third-order valence-electron chi connectivity index (χ3n) is 3.79. The molecule has 1 unspecified atom stereocenters. The summed E-state index contributed by atoms with van der Waals surface area (Å²) in [4.78, 5) is 0. The minimum absolute atomic E-state index is 0.299. The van der Waals surface area contributed by atoms with E-state index in [1.807, 2.05) is 43.3 Å². The van der Waals surface area contributed by atoms with Crippen LogP contribution in [0.5, 0.6) is 5.75 Å². The van der Waals surface area contributed by atoms with Gasteiger partial charge in [0.15, 0.2) is 0 Å². The van der Waals surface area contributed by atoms with Gasteiger partial charge in [0.05, 0.1) is 13.2 Å². The molecule has 0 radical (unpaired) electrons. The molecule has 21 heavy (non-hydrogen) atoms. The molecule has 2 aromatic carbocycles. The normalized spacial score (nSPS) is 12.6. The molecule has 3 rings (SSSR count). The van der Waals surface area contributed by atoms with Gasteiger partial charge in [0.1, 0.15) is 17.1 Å². The lowest BCUT2D eigenvalue weighted by Gasteiger charge is -2.12. The van der Waals surface area contributed by atoms with Crippen molar-refractivity contribution in [2.75, 3.05) is 7.11 Å². The molecule has 0 saturated heterocycles. The maximum Gasteiger partial charge on any atom is 0.134 e. The van der Waals surface area contributed by atoms with Crippen molar-refractivity contribution < 1.29 is 9.15 Å². The number of aryl methyl sites for hydroxylation is 2. The van der Waals surface area contributed by atoms with Crippen LogP contribution in [0.4, 0.5) is 0 Å². The molecule has 1 aromatic heterocycles. The number of methoxy groups -OCH3 is 1. The van der Waals surface area contributed by atoms with Crippen LogP contribution in [-0.2, 0) is 0 Å². The molecule has 0 saturated carbocycles. The summed E-state index contributed by atoms with van der Waals surface area (Å²) in [5.74, 6) is 1.61. The van der Waals surface area contributed by atoms with Crippen LogP contribution in [0.1, 0.15) is 28.5 Å². The van der Waals surface area contributed by atoms with E-state index in [4.69, 9.17) is 14.9 Å². The van der Waals surface area contributed by atoms with Gasteiger partial charge in [0.2, 0.25) is 0 Å². The van der Waals surface area contributed by atoms with Crippen molar-refractivity contribution in [3.8, 4) is 5.75 Å². The van der Waals surface area contributed by atoms with Crippen LogP contribution in [0.3, 0.4) is 0 Å². The van der Waals surface area contributed by atoms with E-state index in [2.05, 4.69) is 13.0 Å². The number of benzene rings is 2. The summed E-state index contributed by atoms with van der Waals surface area (Å²) in [5.41, 5.74) is 10.5. The molecule has 0 aliphatic heterocycles. The first-order chi connectivity index (χ1) is 10.1. The summed E-state index contributed by atoms with van der Waals surface area (Å²) in [6.07, 6.45) is 0. The van der Waals surface area contributed by atoms with Crippen molar-refractivity contribution in [3.63, 3.8) is 0 Å². The first-order valence-corrected chi connectivity index (χ1v) is 6.98. The Labute approximate surface area is 124 Å². The molecule has 108 valence electrons. The van der Waals surface area contributed by atoms with Crippen LogP contribution in [-0.4, -0.2) is 7.11 Å². The van der Waals surface area contributed by atoms with E-state index in [1.165, 1.54) is 5.56 Å². The van der Waals surface area contributed by atoms with Crippen molar-refractivity contribution in [2.45, 2.75) is 19.9 Å². The van der Waals surface area contributed by atoms with Crippen LogP contribution in [0, 0.1) is 13.8 Å². The van der Waals surface area contributed by atoms with E-state index < -0.39 is 0 Å². The molecule has 3 heteroatoms. The van der Waals surface area contributed by atoms with Crippen molar-refractivity contribution in [1.29, 1.82) is 0 Å². The third-order valence-corrected chi connectivity index (χ3v) is 3.79. The standard InChI is InChI=1S/C18H19NO2/c1-11-4-7-15-14(8-11)10-17(21-15)18(19)13-6-5-12(2)16(9-13)20-3/h4-10,18H,19H2,1-3H3. The zero-order valence-corrected chi connectivity index (χ0v) is 12.5. The Hall–Kier alpha value is -2.26. The van der Waals surface area contributed by atoms with E-state index in [0.29, 0.717) is 0 Å². The summed E-state index contributed by atoms with van der Waals surface area (Å²) in [7, 11) is 1.67. The van der Waals surface area contributed by atoms with Crippen LogP contribution in [0.15, 0.2) is 46.9 Å². The van der Waals surface area contributed by atoms with Gasteiger partial charge in [-0.2, -0.15) is 0 Å². The molecule has 0 bridgehead atoms. The number of furan rings is 1. The molecule has 1 heterocycles. The first-order valence-electron chi connectivity index (χ1n) is 6.98. The molecule has 0 aliphatic carbocycles. The lowest BCUT2D eigenvalue weighted by molar-refractivity contribution is 0.410. The summed E-state index contributed by atoms with van der Waals surface area (Å²) in [6.45, 7) is 4.08. The van der Waals surface area contributed by atoms with E-state index in [9.17, 15) is 0 Å². The van der Waals surface area contributed by atoms with E-state index in [-0.39, 0.29) is 6.04 Å². The maximum absolute atomic E-state index is 6.34. The smallest absolute Gasteiger partial charge is 0.134 e. The topological polar surface area (TPSA) is 48.4 Å². The van der Waals surface area contributed by atoms with Gasteiger partial charge in [-0.15, -0.1) is 0 Å². The second-order valence-electron chi connectivity index (χ2n) is 5.40. The van der Waals surface area contributed by atoms with E-state index in [0.717, 1.165) is 33.6 Å². The monoisotopic (exact) mass is 281 g/mol. The van der Waals surface area contributed by atoms with Gasteiger partial charge in [-0.3, -0.25) is 0 Å². The highest BCUT2D eigenvalue weighted by atomic mass is 16.5. The van der Waals surface area contributed by atoms with Crippen LogP contribution in [0.2, 0.25) is 0 Å². The van der Waals surface area contributed by atoms with Crippen molar-refractivity contribution in [2.24, 2.45) is 5.73 Å². The van der Waals surface area contributed by atoms with Crippen molar-refractivity contribution in [1.82, 2.24) is 0 Å². The average Bonchev–Trinajstić information content (AvgIpc) is 2.90. The Morgan fingerprint density at radius 1 is 1.05 bits per heavy atom. The highest BCUT2D eigenvalue weighted by Crippen LogP contribution is 2.30. The van der Waals surface area contributed by atoms with Crippen molar-refractivity contribution in [3.05, 3.63) is 64.9 Å². The maximum atomic E-state index is 6.34. The average molecular weight is 281 g/mol. The minimum atomic E-state index is -0.299. The van der Waals surface area contributed by atoms with Crippen LogP contribution in [0.25, 0.3) is 11.0 Å². The number of rotatable bonds is 3. The second kappa shape index (κ2) is 5.26.